The maximum absolute atomic E-state index is 12.5. The van der Waals surface area contributed by atoms with E-state index in [1.165, 1.54) is 0 Å². The monoisotopic (exact) mass is 326 g/mol. The van der Waals surface area contributed by atoms with Crippen LogP contribution in [-0.2, 0) is 18.3 Å². The molecule has 0 saturated carbocycles. The Balaban J connectivity index is 1.70. The van der Waals surface area contributed by atoms with Gasteiger partial charge in [0.25, 0.3) is 0 Å². The molecule has 6 nitrogen and oxygen atoms in total. The molecule has 0 bridgehead atoms. The fourth-order valence-corrected chi connectivity index (χ4v) is 2.74. The zero-order valence-corrected chi connectivity index (χ0v) is 13.4. The number of aryl methyl sites for hydroxylation is 1. The molecule has 3 rings (SSSR count). The number of carbonyl (C=O) groups excluding carboxylic acids is 1. The highest BCUT2D eigenvalue weighted by Crippen LogP contribution is 2.26. The van der Waals surface area contributed by atoms with E-state index >= 15 is 0 Å². The number of allylic oxidation sites excluding steroid dienone is 1. The molecule has 1 aromatic heterocycles. The van der Waals surface area contributed by atoms with E-state index in [1.807, 2.05) is 25.3 Å². The Kier molecular flexibility index (Phi) is 4.46. The van der Waals surface area contributed by atoms with E-state index in [1.54, 1.807) is 23.0 Å². The normalized spacial score (nSPS) is 15.4. The van der Waals surface area contributed by atoms with Crippen molar-refractivity contribution in [3.8, 4) is 5.75 Å². The number of aliphatic carboxylic acids is 1. The first-order valence-electron chi connectivity index (χ1n) is 7.75. The van der Waals surface area contributed by atoms with E-state index in [-0.39, 0.29) is 18.8 Å². The van der Waals surface area contributed by atoms with E-state index in [9.17, 15) is 9.59 Å². The summed E-state index contributed by atoms with van der Waals surface area (Å²) in [5.41, 5.74) is 3.36. The Morgan fingerprint density at radius 3 is 2.79 bits per heavy atom. The number of ether oxygens (including phenoxy) is 1. The Hall–Kier alpha value is -2.89. The average Bonchev–Trinajstić information content (AvgIpc) is 2.93. The van der Waals surface area contributed by atoms with Crippen LogP contribution in [0.4, 0.5) is 0 Å². The van der Waals surface area contributed by atoms with Gasteiger partial charge in [0.05, 0.1) is 24.8 Å². The Morgan fingerprint density at radius 1 is 1.33 bits per heavy atom. The molecular formula is C18H18N2O4. The third-order valence-corrected chi connectivity index (χ3v) is 4.03. The molecule has 1 N–H and O–H groups in total. The number of Topliss-reactive ketones (excluding diaryl/α,β-unsaturated/α-hetero) is 1. The number of rotatable bonds is 5. The quantitative estimate of drug-likeness (QED) is 0.854. The van der Waals surface area contributed by atoms with Gasteiger partial charge in [-0.2, -0.15) is 5.10 Å². The summed E-state index contributed by atoms with van der Waals surface area (Å²) >= 11 is 0. The maximum atomic E-state index is 12.5. The van der Waals surface area contributed by atoms with Crippen LogP contribution in [0.2, 0.25) is 0 Å². The fourth-order valence-electron chi connectivity index (χ4n) is 2.74. The SMILES string of the molecule is Cn1ncc2c1CC/C(=C/c1ccc(OCCC(=O)O)cc1)C2=O. The van der Waals surface area contributed by atoms with Crippen molar-refractivity contribution in [2.24, 2.45) is 7.05 Å². The van der Waals surface area contributed by atoms with E-state index in [2.05, 4.69) is 5.10 Å². The zero-order chi connectivity index (χ0) is 17.1. The number of hydrogen-bond donors (Lipinski definition) is 1. The van der Waals surface area contributed by atoms with E-state index in [0.717, 1.165) is 23.3 Å². The summed E-state index contributed by atoms with van der Waals surface area (Å²) in [4.78, 5) is 23.0. The van der Waals surface area contributed by atoms with Crippen molar-refractivity contribution in [3.05, 3.63) is 52.9 Å². The molecule has 0 atom stereocenters. The van der Waals surface area contributed by atoms with Crippen LogP contribution in [0, 0.1) is 0 Å². The second kappa shape index (κ2) is 6.70. The lowest BCUT2D eigenvalue weighted by Gasteiger charge is -2.14. The number of aromatic nitrogens is 2. The van der Waals surface area contributed by atoms with Gasteiger partial charge in [0.2, 0.25) is 0 Å². The summed E-state index contributed by atoms with van der Waals surface area (Å²) < 4.78 is 7.11. The number of ketones is 1. The van der Waals surface area contributed by atoms with Gasteiger partial charge in [-0.3, -0.25) is 14.3 Å². The standard InChI is InChI=1S/C18H18N2O4/c1-20-16-7-4-13(18(23)15(16)11-19-20)10-12-2-5-14(6-3-12)24-9-8-17(21)22/h2-3,5-6,10-11H,4,7-9H2,1H3,(H,21,22)/b13-10-. The van der Waals surface area contributed by atoms with Gasteiger partial charge < -0.3 is 9.84 Å². The molecule has 0 amide bonds. The summed E-state index contributed by atoms with van der Waals surface area (Å²) in [6, 6.07) is 7.26. The van der Waals surface area contributed by atoms with E-state index in [4.69, 9.17) is 9.84 Å². The summed E-state index contributed by atoms with van der Waals surface area (Å²) in [5, 5.41) is 12.7. The minimum Gasteiger partial charge on any atom is -0.493 e. The van der Waals surface area contributed by atoms with Gasteiger partial charge in [-0.25, -0.2) is 0 Å². The second-order valence-electron chi connectivity index (χ2n) is 5.69. The summed E-state index contributed by atoms with van der Waals surface area (Å²) in [6.45, 7) is 0.137. The molecule has 1 aliphatic rings. The molecule has 1 aliphatic carbocycles. The minimum atomic E-state index is -0.887. The largest absolute Gasteiger partial charge is 0.493 e. The molecule has 0 aliphatic heterocycles. The van der Waals surface area contributed by atoms with Crippen molar-refractivity contribution in [3.63, 3.8) is 0 Å². The van der Waals surface area contributed by atoms with Crippen LogP contribution in [0.15, 0.2) is 36.0 Å². The van der Waals surface area contributed by atoms with Crippen molar-refractivity contribution in [2.45, 2.75) is 19.3 Å². The van der Waals surface area contributed by atoms with Crippen molar-refractivity contribution >= 4 is 17.8 Å². The lowest BCUT2D eigenvalue weighted by atomic mass is 9.90. The molecule has 24 heavy (non-hydrogen) atoms. The van der Waals surface area contributed by atoms with Crippen molar-refractivity contribution in [2.75, 3.05) is 6.61 Å². The molecule has 6 heteroatoms. The van der Waals surface area contributed by atoms with Gasteiger partial charge in [0, 0.05) is 18.3 Å². The van der Waals surface area contributed by atoms with Crippen molar-refractivity contribution in [1.29, 1.82) is 0 Å². The van der Waals surface area contributed by atoms with Crippen LogP contribution in [-0.4, -0.2) is 33.2 Å². The van der Waals surface area contributed by atoms with E-state index in [0.29, 0.717) is 17.7 Å². The third kappa shape index (κ3) is 3.37. The first-order valence-corrected chi connectivity index (χ1v) is 7.75. The number of nitrogens with zero attached hydrogens (tertiary/aromatic N) is 2. The van der Waals surface area contributed by atoms with Gasteiger partial charge in [0.1, 0.15) is 5.75 Å². The smallest absolute Gasteiger partial charge is 0.306 e. The molecule has 124 valence electrons. The minimum absolute atomic E-state index is 0.0335. The molecule has 0 saturated heterocycles. The van der Waals surface area contributed by atoms with Gasteiger partial charge in [-0.1, -0.05) is 12.1 Å². The van der Waals surface area contributed by atoms with Crippen LogP contribution >= 0.6 is 0 Å². The number of hydrogen-bond acceptors (Lipinski definition) is 4. The van der Waals surface area contributed by atoms with Crippen molar-refractivity contribution < 1.29 is 19.4 Å². The molecule has 0 spiro atoms. The van der Waals surface area contributed by atoms with E-state index < -0.39 is 5.97 Å². The lowest BCUT2D eigenvalue weighted by Crippen LogP contribution is -2.14. The molecule has 1 aromatic carbocycles. The Bertz CT molecular complexity index is 803. The van der Waals surface area contributed by atoms with Crippen LogP contribution in [0.5, 0.6) is 5.75 Å². The maximum Gasteiger partial charge on any atom is 0.306 e. The van der Waals surface area contributed by atoms with Crippen LogP contribution in [0.25, 0.3) is 6.08 Å². The number of carboxylic acid groups (broad SMARTS) is 1. The average molecular weight is 326 g/mol. The molecule has 2 aromatic rings. The van der Waals surface area contributed by atoms with Crippen LogP contribution in [0.1, 0.15) is 34.5 Å². The summed E-state index contributed by atoms with van der Waals surface area (Å²) in [6.07, 6.45) is 4.99. The summed E-state index contributed by atoms with van der Waals surface area (Å²) in [5.74, 6) is -0.240. The predicted molar refractivity (Wildman–Crippen MR) is 88.0 cm³/mol. The first kappa shape index (κ1) is 16.0. The van der Waals surface area contributed by atoms with Crippen LogP contribution in [0.3, 0.4) is 0 Å². The van der Waals surface area contributed by atoms with Gasteiger partial charge in [0.15, 0.2) is 5.78 Å². The molecular weight excluding hydrogens is 308 g/mol. The molecule has 0 fully saturated rings. The number of fused-ring (bicyclic) bond motifs is 1. The second-order valence-corrected chi connectivity index (χ2v) is 5.69. The predicted octanol–water partition coefficient (Wildman–Crippen LogP) is 2.49. The highest BCUT2D eigenvalue weighted by Gasteiger charge is 2.24. The zero-order valence-electron chi connectivity index (χ0n) is 13.4. The highest BCUT2D eigenvalue weighted by molar-refractivity contribution is 6.12. The van der Waals surface area contributed by atoms with Gasteiger partial charge >= 0.3 is 5.97 Å². The topological polar surface area (TPSA) is 81.4 Å². The van der Waals surface area contributed by atoms with Gasteiger partial charge in [-0.15, -0.1) is 0 Å². The molecule has 1 heterocycles. The summed E-state index contributed by atoms with van der Waals surface area (Å²) in [7, 11) is 1.85. The lowest BCUT2D eigenvalue weighted by molar-refractivity contribution is -0.137. The van der Waals surface area contributed by atoms with Crippen LogP contribution < -0.4 is 4.74 Å². The number of carboxylic acids is 1. The Labute approximate surface area is 139 Å². The number of carbonyl (C=O) groups is 2. The molecule has 0 unspecified atom stereocenters. The highest BCUT2D eigenvalue weighted by atomic mass is 16.5. The Morgan fingerprint density at radius 2 is 2.08 bits per heavy atom. The van der Waals surface area contributed by atoms with Crippen molar-refractivity contribution in [1.82, 2.24) is 9.78 Å². The fraction of sp³-hybridized carbons (Fsp3) is 0.278. The number of benzene rings is 1. The third-order valence-electron chi connectivity index (χ3n) is 4.03. The molecule has 0 radical (unpaired) electrons. The first-order chi connectivity index (χ1) is 11.5. The van der Waals surface area contributed by atoms with Gasteiger partial charge in [-0.05, 0) is 36.6 Å².